The molecule has 1 saturated heterocycles. The topological polar surface area (TPSA) is 114 Å². The zero-order chi connectivity index (χ0) is 27.8. The highest BCUT2D eigenvalue weighted by Crippen LogP contribution is 2.40. The van der Waals surface area contributed by atoms with Crippen LogP contribution in [0.2, 0.25) is 0 Å². The van der Waals surface area contributed by atoms with Gasteiger partial charge in [-0.05, 0) is 80.3 Å². The second kappa shape index (κ2) is 10.6. The molecule has 1 amide bonds. The fraction of sp³-hybridized carbons (Fsp3) is 0.323. The summed E-state index contributed by atoms with van der Waals surface area (Å²) in [6.07, 6.45) is 7.39. The molecule has 0 spiro atoms. The smallest absolute Gasteiger partial charge is 0.271 e. The van der Waals surface area contributed by atoms with Crippen LogP contribution in [-0.2, 0) is 0 Å². The Bertz CT molecular complexity index is 1600. The number of nitrogens with two attached hydrogens (primary N) is 1. The fourth-order valence-electron chi connectivity index (χ4n) is 5.66. The molecule has 6 rings (SSSR count). The van der Waals surface area contributed by atoms with E-state index in [9.17, 15) is 14.0 Å². The van der Waals surface area contributed by atoms with Crippen molar-refractivity contribution < 1.29 is 14.0 Å². The third-order valence-corrected chi connectivity index (χ3v) is 8.09. The highest BCUT2D eigenvalue weighted by molar-refractivity contribution is 5.97. The Morgan fingerprint density at radius 1 is 1.10 bits per heavy atom. The number of Topliss-reactive ketones (excluding diaryl/α,β-unsaturated/α-hetero) is 1. The van der Waals surface area contributed by atoms with Gasteiger partial charge in [0.25, 0.3) is 5.91 Å². The number of nitrogens with one attached hydrogen (secondary N) is 1. The molecular weight excluding hydrogens is 507 g/mol. The second-order valence-electron chi connectivity index (χ2n) is 10.8. The maximum atomic E-state index is 14.8. The molecule has 9 heteroatoms. The molecule has 204 valence electrons. The molecule has 0 bridgehead atoms. The molecule has 2 atom stereocenters. The van der Waals surface area contributed by atoms with Crippen LogP contribution in [-0.4, -0.2) is 39.2 Å². The lowest BCUT2D eigenvalue weighted by molar-refractivity contribution is 0.0940. The normalized spacial score (nSPS) is 19.0. The van der Waals surface area contributed by atoms with Crippen molar-refractivity contribution in [3.05, 3.63) is 83.6 Å². The van der Waals surface area contributed by atoms with Crippen molar-refractivity contribution in [3.63, 3.8) is 0 Å². The number of rotatable bonds is 8. The first-order valence-electron chi connectivity index (χ1n) is 13.8. The predicted molar refractivity (Wildman–Crippen MR) is 152 cm³/mol. The quantitative estimate of drug-likeness (QED) is 0.274. The van der Waals surface area contributed by atoms with Crippen LogP contribution in [0.4, 0.5) is 21.7 Å². The van der Waals surface area contributed by atoms with Crippen LogP contribution < -0.4 is 16.0 Å². The van der Waals surface area contributed by atoms with Crippen LogP contribution in [0, 0.1) is 11.7 Å². The molecule has 40 heavy (non-hydrogen) atoms. The minimum Gasteiger partial charge on any atom is -0.364 e. The number of ketones is 1. The van der Waals surface area contributed by atoms with Gasteiger partial charge < -0.3 is 16.0 Å². The summed E-state index contributed by atoms with van der Waals surface area (Å²) in [5.74, 6) is -0.0117. The van der Waals surface area contributed by atoms with E-state index in [0.29, 0.717) is 17.4 Å². The molecule has 1 saturated carbocycles. The van der Waals surface area contributed by atoms with Crippen molar-refractivity contribution in [2.24, 2.45) is 11.7 Å². The third kappa shape index (κ3) is 5.23. The van der Waals surface area contributed by atoms with E-state index in [2.05, 4.69) is 27.1 Å². The molecule has 2 aromatic heterocycles. The summed E-state index contributed by atoms with van der Waals surface area (Å²) < 4.78 is 14.8. The Morgan fingerprint density at radius 2 is 1.95 bits per heavy atom. The average molecular weight is 539 g/mol. The van der Waals surface area contributed by atoms with Gasteiger partial charge in [0, 0.05) is 36.3 Å². The molecular formula is C31H31FN6O2. The van der Waals surface area contributed by atoms with Crippen LogP contribution in [0.1, 0.15) is 71.4 Å². The number of fused-ring (bicyclic) bond motifs is 1. The summed E-state index contributed by atoms with van der Waals surface area (Å²) in [5.41, 5.74) is 8.29. The molecule has 1 aliphatic carbocycles. The monoisotopic (exact) mass is 538 g/mol. The maximum Gasteiger partial charge on any atom is 0.271 e. The van der Waals surface area contributed by atoms with E-state index >= 15 is 0 Å². The molecule has 4 aromatic rings. The molecule has 2 aliphatic rings. The van der Waals surface area contributed by atoms with E-state index in [1.165, 1.54) is 6.07 Å². The van der Waals surface area contributed by atoms with Crippen LogP contribution in [0.25, 0.3) is 10.9 Å². The highest BCUT2D eigenvalue weighted by atomic mass is 19.1. The van der Waals surface area contributed by atoms with Crippen molar-refractivity contribution in [2.45, 2.75) is 51.0 Å². The molecule has 1 aliphatic heterocycles. The van der Waals surface area contributed by atoms with Crippen LogP contribution >= 0.6 is 0 Å². The first kappa shape index (κ1) is 25.9. The summed E-state index contributed by atoms with van der Waals surface area (Å²) in [6, 6.07) is 14.5. The Labute approximate surface area is 231 Å². The Balaban J connectivity index is 1.22. The number of piperidine rings is 1. The van der Waals surface area contributed by atoms with Crippen molar-refractivity contribution in [3.8, 4) is 0 Å². The Hall–Kier alpha value is -4.40. The zero-order valence-corrected chi connectivity index (χ0v) is 22.3. The van der Waals surface area contributed by atoms with E-state index in [0.717, 1.165) is 48.7 Å². The van der Waals surface area contributed by atoms with Crippen molar-refractivity contribution in [2.75, 3.05) is 16.8 Å². The number of aromatic nitrogens is 3. The number of benzene rings is 2. The van der Waals surface area contributed by atoms with Gasteiger partial charge in [0.2, 0.25) is 0 Å². The molecule has 3 N–H and O–H groups in total. The van der Waals surface area contributed by atoms with Gasteiger partial charge in [0.1, 0.15) is 11.6 Å². The van der Waals surface area contributed by atoms with Crippen molar-refractivity contribution >= 4 is 39.9 Å². The zero-order valence-electron chi connectivity index (χ0n) is 22.3. The number of carbonyl (C=O) groups excluding carboxylic acids is 2. The van der Waals surface area contributed by atoms with E-state index in [1.54, 1.807) is 18.5 Å². The number of carbonyl (C=O) groups is 2. The van der Waals surface area contributed by atoms with E-state index < -0.39 is 11.7 Å². The molecule has 0 radical (unpaired) electrons. The second-order valence-corrected chi connectivity index (χ2v) is 10.8. The average Bonchev–Trinajstić information content (AvgIpc) is 3.80. The number of amides is 1. The summed E-state index contributed by atoms with van der Waals surface area (Å²) in [7, 11) is 0. The SMILES string of the molecule is C[C@@H]1[C@H](CC(=O)c2ccc(C3CC3)cc2F)CCCN1c1cnc(C(N)=O)c(Nc2ccc3cccnc3c2)n1. The van der Waals surface area contributed by atoms with Gasteiger partial charge in [-0.3, -0.25) is 14.6 Å². The minimum absolute atomic E-state index is 0.0179. The summed E-state index contributed by atoms with van der Waals surface area (Å²) in [5, 5.41) is 4.18. The van der Waals surface area contributed by atoms with Crippen molar-refractivity contribution in [1.82, 2.24) is 15.0 Å². The molecule has 0 unspecified atom stereocenters. The number of anilines is 3. The van der Waals surface area contributed by atoms with Crippen LogP contribution in [0.3, 0.4) is 0 Å². The van der Waals surface area contributed by atoms with E-state index in [4.69, 9.17) is 10.7 Å². The summed E-state index contributed by atoms with van der Waals surface area (Å²) in [4.78, 5) is 40.9. The third-order valence-electron chi connectivity index (χ3n) is 8.09. The van der Waals surface area contributed by atoms with E-state index in [1.807, 2.05) is 36.4 Å². The standard InChI is InChI=1S/C31H31FN6O2/c1-18-21(15-27(39)24-11-9-22(14-25(24)32)19-6-7-19)5-3-13-38(18)28-17-35-29(30(33)40)31(37-28)36-23-10-8-20-4-2-12-34-26(20)16-23/h2,4,8-12,14,16-19,21H,3,5-7,13,15H2,1H3,(H2,33,40)(H,36,37)/t18-,21+/m1/s1. The predicted octanol–water partition coefficient (Wildman–Crippen LogP) is 5.76. The molecule has 3 heterocycles. The number of nitrogens with zero attached hydrogens (tertiary/aromatic N) is 4. The van der Waals surface area contributed by atoms with Crippen LogP contribution in [0.15, 0.2) is 60.9 Å². The summed E-state index contributed by atoms with van der Waals surface area (Å²) in [6.45, 7) is 2.77. The number of pyridine rings is 1. The van der Waals surface area contributed by atoms with Gasteiger partial charge in [-0.25, -0.2) is 14.4 Å². The van der Waals surface area contributed by atoms with Gasteiger partial charge in [0.15, 0.2) is 17.3 Å². The lowest BCUT2D eigenvalue weighted by atomic mass is 9.84. The first-order valence-corrected chi connectivity index (χ1v) is 13.8. The first-order chi connectivity index (χ1) is 19.4. The van der Waals surface area contributed by atoms with Gasteiger partial charge in [-0.15, -0.1) is 0 Å². The van der Waals surface area contributed by atoms with Crippen LogP contribution in [0.5, 0.6) is 0 Å². The Morgan fingerprint density at radius 3 is 2.73 bits per heavy atom. The Kier molecular flexibility index (Phi) is 6.88. The van der Waals surface area contributed by atoms with Gasteiger partial charge in [-0.2, -0.15) is 0 Å². The lowest BCUT2D eigenvalue weighted by Gasteiger charge is -2.40. The largest absolute Gasteiger partial charge is 0.364 e. The minimum atomic E-state index is -0.689. The molecule has 2 fully saturated rings. The van der Waals surface area contributed by atoms with Gasteiger partial charge >= 0.3 is 0 Å². The maximum absolute atomic E-state index is 14.8. The van der Waals surface area contributed by atoms with E-state index in [-0.39, 0.29) is 41.2 Å². The lowest BCUT2D eigenvalue weighted by Crippen LogP contribution is -2.44. The van der Waals surface area contributed by atoms with Gasteiger partial charge in [-0.1, -0.05) is 18.2 Å². The number of halogens is 1. The highest BCUT2D eigenvalue weighted by Gasteiger charge is 2.32. The molecule has 8 nitrogen and oxygen atoms in total. The fourth-order valence-corrected chi connectivity index (χ4v) is 5.66. The number of hydrogen-bond donors (Lipinski definition) is 2. The number of hydrogen-bond acceptors (Lipinski definition) is 7. The number of primary amides is 1. The molecule has 2 aromatic carbocycles. The summed E-state index contributed by atoms with van der Waals surface area (Å²) >= 11 is 0. The van der Waals surface area contributed by atoms with Gasteiger partial charge in [0.05, 0.1) is 17.3 Å². The van der Waals surface area contributed by atoms with Crippen molar-refractivity contribution in [1.29, 1.82) is 0 Å².